The first kappa shape index (κ1) is 13.0. The third-order valence-electron chi connectivity index (χ3n) is 2.64. The highest BCUT2D eigenvalue weighted by Gasteiger charge is 2.08. The third kappa shape index (κ3) is 3.07. The van der Waals surface area contributed by atoms with Gasteiger partial charge in [0, 0.05) is 11.9 Å². The van der Waals surface area contributed by atoms with Crippen LogP contribution >= 0.6 is 0 Å². The van der Waals surface area contributed by atoms with E-state index >= 15 is 0 Å². The average molecular weight is 260 g/mol. The van der Waals surface area contributed by atoms with E-state index in [9.17, 15) is 9.18 Å². The van der Waals surface area contributed by atoms with Crippen molar-refractivity contribution in [3.8, 4) is 5.75 Å². The summed E-state index contributed by atoms with van der Waals surface area (Å²) in [6.45, 7) is 1.66. The van der Waals surface area contributed by atoms with E-state index in [0.717, 1.165) is 0 Å². The summed E-state index contributed by atoms with van der Waals surface area (Å²) in [5.41, 5.74) is 1.28. The Labute approximate surface area is 110 Å². The number of methoxy groups -OCH3 is 1. The molecule has 1 aromatic carbocycles. The minimum atomic E-state index is -0.366. The fraction of sp³-hybridized carbons (Fsp3) is 0.143. The fourth-order valence-electron chi connectivity index (χ4n) is 1.53. The van der Waals surface area contributed by atoms with Crippen molar-refractivity contribution in [1.82, 2.24) is 4.98 Å². The quantitative estimate of drug-likeness (QED) is 0.923. The number of hydrogen-bond acceptors (Lipinski definition) is 3. The molecule has 0 radical (unpaired) electrons. The summed E-state index contributed by atoms with van der Waals surface area (Å²) in [5, 5.41) is 2.60. The second-order valence-corrected chi connectivity index (χ2v) is 4.03. The number of benzene rings is 1. The largest absolute Gasteiger partial charge is 0.495 e. The van der Waals surface area contributed by atoms with E-state index in [1.807, 2.05) is 0 Å². The van der Waals surface area contributed by atoms with E-state index in [0.29, 0.717) is 22.6 Å². The van der Waals surface area contributed by atoms with Crippen molar-refractivity contribution < 1.29 is 13.9 Å². The lowest BCUT2D eigenvalue weighted by atomic mass is 10.2. The topological polar surface area (TPSA) is 51.2 Å². The van der Waals surface area contributed by atoms with E-state index in [4.69, 9.17) is 4.74 Å². The molecule has 2 aromatic rings. The normalized spacial score (nSPS) is 10.1. The fourth-order valence-corrected chi connectivity index (χ4v) is 1.53. The van der Waals surface area contributed by atoms with E-state index in [-0.39, 0.29) is 11.7 Å². The first-order valence-corrected chi connectivity index (χ1v) is 5.66. The van der Waals surface area contributed by atoms with Gasteiger partial charge < -0.3 is 10.1 Å². The Balaban J connectivity index is 2.18. The number of halogens is 1. The van der Waals surface area contributed by atoms with Gasteiger partial charge in [0.1, 0.15) is 11.6 Å². The molecule has 0 spiro atoms. The van der Waals surface area contributed by atoms with Crippen molar-refractivity contribution in [3.63, 3.8) is 0 Å². The molecule has 0 saturated carbocycles. The average Bonchev–Trinajstić information content (AvgIpc) is 2.43. The molecule has 19 heavy (non-hydrogen) atoms. The molecule has 0 saturated heterocycles. The predicted molar refractivity (Wildman–Crippen MR) is 69.9 cm³/mol. The molecule has 4 nitrogen and oxygen atoms in total. The van der Waals surface area contributed by atoms with Gasteiger partial charge in [0.25, 0.3) is 5.91 Å². The Morgan fingerprint density at radius 2 is 2.11 bits per heavy atom. The number of aromatic nitrogens is 1. The number of aryl methyl sites for hydroxylation is 1. The summed E-state index contributed by atoms with van der Waals surface area (Å²) in [7, 11) is 1.49. The zero-order chi connectivity index (χ0) is 13.8. The maximum atomic E-state index is 13.4. The molecule has 1 amide bonds. The summed E-state index contributed by atoms with van der Waals surface area (Å²) in [6, 6.07) is 6.09. The highest BCUT2D eigenvalue weighted by molar-refractivity contribution is 6.04. The summed E-state index contributed by atoms with van der Waals surface area (Å²) >= 11 is 0. The van der Waals surface area contributed by atoms with Crippen LogP contribution in [0.3, 0.4) is 0 Å². The molecule has 98 valence electrons. The number of hydrogen-bond donors (Lipinski definition) is 1. The Morgan fingerprint density at radius 1 is 1.32 bits per heavy atom. The summed E-state index contributed by atoms with van der Waals surface area (Å²) in [4.78, 5) is 15.8. The second kappa shape index (κ2) is 5.48. The molecule has 1 heterocycles. The van der Waals surface area contributed by atoms with Crippen molar-refractivity contribution in [2.75, 3.05) is 12.4 Å². The van der Waals surface area contributed by atoms with Crippen LogP contribution in [-0.2, 0) is 0 Å². The third-order valence-corrected chi connectivity index (χ3v) is 2.64. The molecule has 0 bridgehead atoms. The molecule has 0 unspecified atom stereocenters. The van der Waals surface area contributed by atoms with E-state index in [1.54, 1.807) is 25.1 Å². The van der Waals surface area contributed by atoms with Crippen LogP contribution in [0, 0.1) is 12.7 Å². The van der Waals surface area contributed by atoms with Gasteiger partial charge in [-0.15, -0.1) is 0 Å². The Bertz CT molecular complexity index is 614. The van der Waals surface area contributed by atoms with Crippen molar-refractivity contribution in [2.45, 2.75) is 6.92 Å². The van der Waals surface area contributed by atoms with Gasteiger partial charge in [-0.25, -0.2) is 4.39 Å². The second-order valence-electron chi connectivity index (χ2n) is 4.03. The number of ether oxygens (including phenoxy) is 1. The standard InChI is InChI=1S/C14H13FN2O2/c1-9-3-4-11(6-13(9)15)17-14(18)10-5-12(19-2)8-16-7-10/h3-8H,1-2H3,(H,17,18). The van der Waals surface area contributed by atoms with Crippen LogP contribution < -0.4 is 10.1 Å². The zero-order valence-electron chi connectivity index (χ0n) is 10.6. The van der Waals surface area contributed by atoms with Crippen molar-refractivity contribution in [3.05, 3.63) is 53.6 Å². The Kier molecular flexibility index (Phi) is 3.75. The number of nitrogens with zero attached hydrogens (tertiary/aromatic N) is 1. The minimum Gasteiger partial charge on any atom is -0.495 e. The van der Waals surface area contributed by atoms with Crippen LogP contribution in [0.4, 0.5) is 10.1 Å². The number of pyridine rings is 1. The van der Waals surface area contributed by atoms with Gasteiger partial charge in [0.15, 0.2) is 0 Å². The van der Waals surface area contributed by atoms with Gasteiger partial charge in [0.05, 0.1) is 18.9 Å². The van der Waals surface area contributed by atoms with E-state index in [1.165, 1.54) is 25.6 Å². The van der Waals surface area contributed by atoms with E-state index < -0.39 is 0 Å². The first-order valence-electron chi connectivity index (χ1n) is 5.66. The number of carbonyl (C=O) groups excluding carboxylic acids is 1. The van der Waals surface area contributed by atoms with Gasteiger partial charge in [-0.1, -0.05) is 6.07 Å². The number of rotatable bonds is 3. The number of anilines is 1. The van der Waals surface area contributed by atoms with Gasteiger partial charge in [-0.2, -0.15) is 0 Å². The van der Waals surface area contributed by atoms with Crippen LogP contribution in [-0.4, -0.2) is 18.0 Å². The number of amides is 1. The smallest absolute Gasteiger partial charge is 0.257 e. The molecule has 1 aromatic heterocycles. The lowest BCUT2D eigenvalue weighted by Gasteiger charge is -2.07. The van der Waals surface area contributed by atoms with Crippen molar-refractivity contribution >= 4 is 11.6 Å². The highest BCUT2D eigenvalue weighted by atomic mass is 19.1. The van der Waals surface area contributed by atoms with Gasteiger partial charge in [-0.05, 0) is 30.7 Å². The summed E-state index contributed by atoms with van der Waals surface area (Å²) < 4.78 is 18.4. The van der Waals surface area contributed by atoms with Crippen LogP contribution in [0.2, 0.25) is 0 Å². The SMILES string of the molecule is COc1cncc(C(=O)Nc2ccc(C)c(F)c2)c1. The predicted octanol–water partition coefficient (Wildman–Crippen LogP) is 2.79. The Hall–Kier alpha value is -2.43. The first-order chi connectivity index (χ1) is 9.10. The molecule has 0 aliphatic heterocycles. The summed E-state index contributed by atoms with van der Waals surface area (Å²) in [6.07, 6.45) is 2.92. The monoisotopic (exact) mass is 260 g/mol. The summed E-state index contributed by atoms with van der Waals surface area (Å²) in [5.74, 6) is -0.237. The lowest BCUT2D eigenvalue weighted by Crippen LogP contribution is -2.12. The van der Waals surface area contributed by atoms with Crippen molar-refractivity contribution in [2.24, 2.45) is 0 Å². The van der Waals surface area contributed by atoms with Crippen LogP contribution in [0.5, 0.6) is 5.75 Å². The van der Waals surface area contributed by atoms with Crippen LogP contribution in [0.25, 0.3) is 0 Å². The molecule has 0 aliphatic rings. The minimum absolute atomic E-state index is 0.348. The van der Waals surface area contributed by atoms with Gasteiger partial charge in [0.2, 0.25) is 0 Å². The molecule has 0 aliphatic carbocycles. The van der Waals surface area contributed by atoms with Crippen molar-refractivity contribution in [1.29, 1.82) is 0 Å². The zero-order valence-corrected chi connectivity index (χ0v) is 10.6. The highest BCUT2D eigenvalue weighted by Crippen LogP contribution is 2.16. The number of nitrogens with one attached hydrogen (secondary N) is 1. The molecular weight excluding hydrogens is 247 g/mol. The molecular formula is C14H13FN2O2. The van der Waals surface area contributed by atoms with E-state index in [2.05, 4.69) is 10.3 Å². The van der Waals surface area contributed by atoms with Gasteiger partial charge in [-0.3, -0.25) is 9.78 Å². The number of carbonyl (C=O) groups is 1. The molecule has 1 N–H and O–H groups in total. The van der Waals surface area contributed by atoms with Crippen LogP contribution in [0.1, 0.15) is 15.9 Å². The van der Waals surface area contributed by atoms with Gasteiger partial charge >= 0.3 is 0 Å². The molecule has 0 atom stereocenters. The lowest BCUT2D eigenvalue weighted by molar-refractivity contribution is 0.102. The Morgan fingerprint density at radius 3 is 2.79 bits per heavy atom. The van der Waals surface area contributed by atoms with Crippen LogP contribution in [0.15, 0.2) is 36.7 Å². The molecule has 2 rings (SSSR count). The molecule has 5 heteroatoms. The molecule has 0 fully saturated rings. The maximum Gasteiger partial charge on any atom is 0.257 e. The maximum absolute atomic E-state index is 13.4.